The third-order valence-electron chi connectivity index (χ3n) is 4.91. The van der Waals surface area contributed by atoms with E-state index in [0.29, 0.717) is 0 Å². The van der Waals surface area contributed by atoms with E-state index in [0.717, 1.165) is 51.0 Å². The van der Waals surface area contributed by atoms with Crippen LogP contribution >= 0.6 is 0 Å². The molecule has 0 radical (unpaired) electrons. The first-order chi connectivity index (χ1) is 12.9. The van der Waals surface area contributed by atoms with E-state index in [4.69, 9.17) is 31.8 Å². The van der Waals surface area contributed by atoms with Crippen LogP contribution in [0, 0.1) is 0 Å². The molecule has 2 aromatic heterocycles. The van der Waals surface area contributed by atoms with E-state index in [1.807, 2.05) is 48.5 Å². The van der Waals surface area contributed by atoms with Crippen molar-refractivity contribution >= 4 is 21.9 Å². The van der Waals surface area contributed by atoms with Gasteiger partial charge in [-0.2, -0.15) is 0 Å². The zero-order valence-corrected chi connectivity index (χ0v) is 15.2. The fourth-order valence-electron chi connectivity index (χ4n) is 3.36. The monoisotopic (exact) mass is 364 g/mol. The van der Waals surface area contributed by atoms with Crippen molar-refractivity contribution in [2.75, 3.05) is 0 Å². The van der Waals surface area contributed by atoms with Crippen LogP contribution in [0.3, 0.4) is 0 Å². The molecule has 8 N–H and O–H groups in total. The minimum absolute atomic E-state index is 0.157. The quantitative estimate of drug-likeness (QED) is 0.402. The molecule has 0 aliphatic rings. The Balaban J connectivity index is 1.58. The van der Waals surface area contributed by atoms with Crippen molar-refractivity contribution in [2.24, 2.45) is 22.9 Å². The smallest absolute Gasteiger partial charge is 0.134 e. The molecule has 0 bridgehead atoms. The summed E-state index contributed by atoms with van der Waals surface area (Å²) in [6.45, 7) is 2.11. The molecule has 2 aromatic carbocycles. The Kier molecular flexibility index (Phi) is 4.49. The molecule has 0 saturated heterocycles. The second-order valence-electron chi connectivity index (χ2n) is 7.11. The van der Waals surface area contributed by atoms with Gasteiger partial charge in [0.25, 0.3) is 0 Å². The van der Waals surface area contributed by atoms with E-state index >= 15 is 0 Å². The third-order valence-corrected chi connectivity index (χ3v) is 4.91. The van der Waals surface area contributed by atoms with Gasteiger partial charge in [0.1, 0.15) is 22.7 Å². The first-order valence-corrected chi connectivity index (χ1v) is 8.99. The molecule has 140 valence electrons. The van der Waals surface area contributed by atoms with Crippen molar-refractivity contribution in [1.82, 2.24) is 0 Å². The fourth-order valence-corrected chi connectivity index (χ4v) is 3.36. The van der Waals surface area contributed by atoms with Gasteiger partial charge in [-0.15, -0.1) is 0 Å². The van der Waals surface area contributed by atoms with E-state index in [1.54, 1.807) is 0 Å². The predicted molar refractivity (Wildman–Crippen MR) is 107 cm³/mol. The summed E-state index contributed by atoms with van der Waals surface area (Å²) in [7, 11) is 0. The maximum absolute atomic E-state index is 6.01. The fraction of sp³-hybridized carbons (Fsp3) is 0.238. The number of hydrogen-bond donors (Lipinski definition) is 4. The average molecular weight is 364 g/mol. The molecule has 1 atom stereocenters. The van der Waals surface area contributed by atoms with Gasteiger partial charge in [0.2, 0.25) is 0 Å². The first-order valence-electron chi connectivity index (χ1n) is 8.99. The molecule has 4 aromatic rings. The lowest BCUT2D eigenvalue weighted by atomic mass is 10.0. The second-order valence-corrected chi connectivity index (χ2v) is 7.11. The van der Waals surface area contributed by atoms with Crippen molar-refractivity contribution in [3.05, 3.63) is 71.2 Å². The minimum atomic E-state index is -0.493. The molecule has 1 unspecified atom stereocenters. The van der Waals surface area contributed by atoms with Gasteiger partial charge in [0.15, 0.2) is 0 Å². The van der Waals surface area contributed by atoms with Crippen LogP contribution in [0.15, 0.2) is 57.4 Å². The van der Waals surface area contributed by atoms with Crippen molar-refractivity contribution in [2.45, 2.75) is 31.6 Å². The zero-order valence-electron chi connectivity index (χ0n) is 15.2. The summed E-state index contributed by atoms with van der Waals surface area (Å²) >= 11 is 0. The van der Waals surface area contributed by atoms with Crippen LogP contribution in [0.5, 0.6) is 0 Å². The van der Waals surface area contributed by atoms with Crippen molar-refractivity contribution < 1.29 is 8.83 Å². The molecular weight excluding hydrogens is 340 g/mol. The molecule has 2 heterocycles. The second kappa shape index (κ2) is 6.83. The van der Waals surface area contributed by atoms with Crippen LogP contribution in [-0.4, -0.2) is 0 Å². The molecule has 4 rings (SSSR count). The minimum Gasteiger partial charge on any atom is -0.461 e. The van der Waals surface area contributed by atoms with Crippen LogP contribution < -0.4 is 22.9 Å². The first kappa shape index (κ1) is 17.8. The molecule has 0 fully saturated rings. The number of hydrogen-bond acceptors (Lipinski definition) is 6. The molecular formula is C21H24N4O2. The third kappa shape index (κ3) is 3.48. The van der Waals surface area contributed by atoms with Crippen LogP contribution in [-0.2, 0) is 6.42 Å². The number of benzene rings is 2. The zero-order chi connectivity index (χ0) is 19.1. The largest absolute Gasteiger partial charge is 0.461 e. The summed E-state index contributed by atoms with van der Waals surface area (Å²) in [6, 6.07) is 15.6. The van der Waals surface area contributed by atoms with Gasteiger partial charge in [-0.3, -0.25) is 0 Å². The lowest BCUT2D eigenvalue weighted by molar-refractivity contribution is 0.469. The molecule has 0 aliphatic carbocycles. The van der Waals surface area contributed by atoms with E-state index in [9.17, 15) is 0 Å². The maximum Gasteiger partial charge on any atom is 0.134 e. The topological polar surface area (TPSA) is 130 Å². The summed E-state index contributed by atoms with van der Waals surface area (Å²) in [5, 5.41) is 2.00. The maximum atomic E-state index is 6.01. The van der Waals surface area contributed by atoms with Crippen LogP contribution in [0.1, 0.15) is 47.8 Å². The van der Waals surface area contributed by atoms with Crippen LogP contribution in [0.4, 0.5) is 0 Å². The molecule has 6 heteroatoms. The average Bonchev–Trinajstić information content (AvgIpc) is 3.23. The Labute approximate surface area is 157 Å². The van der Waals surface area contributed by atoms with E-state index in [-0.39, 0.29) is 5.92 Å². The highest BCUT2D eigenvalue weighted by Gasteiger charge is 2.16. The summed E-state index contributed by atoms with van der Waals surface area (Å²) in [5.41, 5.74) is 26.4. The van der Waals surface area contributed by atoms with Gasteiger partial charge < -0.3 is 31.8 Å². The van der Waals surface area contributed by atoms with Gasteiger partial charge in [-0.05, 0) is 47.5 Å². The Morgan fingerprint density at radius 3 is 1.89 bits per heavy atom. The van der Waals surface area contributed by atoms with E-state index < -0.39 is 12.3 Å². The summed E-state index contributed by atoms with van der Waals surface area (Å²) < 4.78 is 12.0. The van der Waals surface area contributed by atoms with E-state index in [2.05, 4.69) is 6.92 Å². The molecule has 0 amide bonds. The molecule has 27 heavy (non-hydrogen) atoms. The number of fused-ring (bicyclic) bond motifs is 2. The van der Waals surface area contributed by atoms with Crippen molar-refractivity contribution in [3.63, 3.8) is 0 Å². The molecule has 0 spiro atoms. The van der Waals surface area contributed by atoms with Gasteiger partial charge >= 0.3 is 0 Å². The van der Waals surface area contributed by atoms with Crippen LogP contribution in [0.2, 0.25) is 0 Å². The number of nitrogens with two attached hydrogens (primary N) is 4. The lowest BCUT2D eigenvalue weighted by Gasteiger charge is -2.05. The normalized spacial score (nSPS) is 13.3. The van der Waals surface area contributed by atoms with Gasteiger partial charge in [-0.25, -0.2) is 0 Å². The summed E-state index contributed by atoms with van der Waals surface area (Å²) in [6.07, 6.45) is -0.261. The Hall–Kier alpha value is -2.64. The summed E-state index contributed by atoms with van der Waals surface area (Å²) in [4.78, 5) is 0. The lowest BCUT2D eigenvalue weighted by Crippen LogP contribution is -2.19. The SMILES string of the molecule is CC(Cc1cc2cc(C(N)N)ccc2o1)c1cc2cc(C(N)N)ccc2o1. The van der Waals surface area contributed by atoms with Gasteiger partial charge in [0.05, 0.1) is 12.3 Å². The van der Waals surface area contributed by atoms with E-state index in [1.165, 1.54) is 0 Å². The molecule has 0 saturated carbocycles. The highest BCUT2D eigenvalue weighted by molar-refractivity contribution is 5.80. The number of rotatable bonds is 5. The van der Waals surface area contributed by atoms with Crippen molar-refractivity contribution in [3.8, 4) is 0 Å². The van der Waals surface area contributed by atoms with Gasteiger partial charge in [0, 0.05) is 23.1 Å². The molecule has 0 aliphatic heterocycles. The highest BCUT2D eigenvalue weighted by atomic mass is 16.3. The van der Waals surface area contributed by atoms with Crippen LogP contribution in [0.25, 0.3) is 21.9 Å². The standard InChI is InChI=1S/C21H24N4O2/c1-11(19-10-15-8-13(21(24)25)3-5-18(15)27-19)6-16-9-14-7-12(20(22)23)2-4-17(14)26-16/h2-5,7-11,20-21H,6,22-25H2,1H3. The van der Waals surface area contributed by atoms with Gasteiger partial charge in [-0.1, -0.05) is 19.1 Å². The number of furan rings is 2. The Morgan fingerprint density at radius 2 is 1.30 bits per heavy atom. The predicted octanol–water partition coefficient (Wildman–Crippen LogP) is 3.36. The Morgan fingerprint density at radius 1 is 0.741 bits per heavy atom. The Bertz CT molecular complexity index is 1090. The molecule has 6 nitrogen and oxygen atoms in total. The highest BCUT2D eigenvalue weighted by Crippen LogP contribution is 2.30. The summed E-state index contributed by atoms with van der Waals surface area (Å²) in [5.74, 6) is 1.95. The van der Waals surface area contributed by atoms with Crippen molar-refractivity contribution in [1.29, 1.82) is 0 Å².